The largest absolute Gasteiger partial charge is 0.493 e. The Bertz CT molecular complexity index is 384. The van der Waals surface area contributed by atoms with Crippen molar-refractivity contribution >= 4 is 0 Å². The van der Waals surface area contributed by atoms with Crippen LogP contribution in [0.15, 0.2) is 6.20 Å². The fraction of sp³-hybridized carbons (Fsp3) is 0.769. The number of rotatable bonds is 4. The number of methoxy groups -OCH3 is 1. The van der Waals surface area contributed by atoms with Gasteiger partial charge in [0.2, 0.25) is 0 Å². The van der Waals surface area contributed by atoms with Crippen LogP contribution in [0.5, 0.6) is 5.75 Å². The summed E-state index contributed by atoms with van der Waals surface area (Å²) in [7, 11) is 1.64. The highest BCUT2D eigenvalue weighted by molar-refractivity contribution is 5.28. The van der Waals surface area contributed by atoms with E-state index in [0.717, 1.165) is 29.8 Å². The third-order valence-electron chi connectivity index (χ3n) is 4.37. The molecule has 3 unspecified atom stereocenters. The maximum atomic E-state index is 10.5. The molecule has 1 N–H and O–H groups in total. The number of ether oxygens (including phenoxy) is 1. The molecule has 4 heteroatoms. The van der Waals surface area contributed by atoms with Crippen LogP contribution in [0.1, 0.15) is 38.0 Å². The van der Waals surface area contributed by atoms with Crippen LogP contribution in [0.25, 0.3) is 0 Å². The van der Waals surface area contributed by atoms with Gasteiger partial charge in [-0.2, -0.15) is 5.10 Å². The molecule has 0 radical (unpaired) electrons. The first kappa shape index (κ1) is 11.1. The predicted octanol–water partition coefficient (Wildman–Crippen LogP) is 1.99. The summed E-state index contributed by atoms with van der Waals surface area (Å²) in [5.74, 6) is 2.90. The van der Waals surface area contributed by atoms with Gasteiger partial charge in [0.05, 0.1) is 13.3 Å². The number of hydrogen-bond donors (Lipinski definition) is 1. The SMILES string of the molecule is CCn1ncc(OC)c1C(O)C1CC2CC2C1. The summed E-state index contributed by atoms with van der Waals surface area (Å²) in [6, 6.07) is 0. The highest BCUT2D eigenvalue weighted by Gasteiger charge is 2.48. The van der Waals surface area contributed by atoms with Gasteiger partial charge in [-0.3, -0.25) is 4.68 Å². The van der Waals surface area contributed by atoms with Gasteiger partial charge >= 0.3 is 0 Å². The van der Waals surface area contributed by atoms with E-state index in [9.17, 15) is 5.11 Å². The van der Waals surface area contributed by atoms with Crippen molar-refractivity contribution in [2.24, 2.45) is 17.8 Å². The molecule has 0 amide bonds. The van der Waals surface area contributed by atoms with Crippen LogP contribution in [-0.4, -0.2) is 22.0 Å². The lowest BCUT2D eigenvalue weighted by Crippen LogP contribution is -2.16. The fourth-order valence-electron chi connectivity index (χ4n) is 3.33. The van der Waals surface area contributed by atoms with E-state index >= 15 is 0 Å². The Kier molecular flexibility index (Phi) is 2.62. The number of aliphatic hydroxyl groups is 1. The number of fused-ring (bicyclic) bond motifs is 1. The number of hydrogen-bond acceptors (Lipinski definition) is 3. The highest BCUT2D eigenvalue weighted by Crippen LogP contribution is 2.57. The predicted molar refractivity (Wildman–Crippen MR) is 63.7 cm³/mol. The number of aryl methyl sites for hydroxylation is 1. The molecule has 17 heavy (non-hydrogen) atoms. The van der Waals surface area contributed by atoms with E-state index in [0.29, 0.717) is 5.92 Å². The molecule has 0 spiro atoms. The van der Waals surface area contributed by atoms with Crippen LogP contribution in [0, 0.1) is 17.8 Å². The molecule has 0 aliphatic heterocycles. The molecule has 3 atom stereocenters. The topological polar surface area (TPSA) is 47.3 Å². The van der Waals surface area contributed by atoms with Gasteiger partial charge in [0, 0.05) is 6.54 Å². The lowest BCUT2D eigenvalue weighted by molar-refractivity contribution is 0.0926. The molecular weight excluding hydrogens is 216 g/mol. The molecule has 4 nitrogen and oxygen atoms in total. The Labute approximate surface area is 102 Å². The Morgan fingerprint density at radius 2 is 2.18 bits per heavy atom. The van der Waals surface area contributed by atoms with E-state index in [4.69, 9.17) is 4.74 Å². The molecule has 2 aliphatic rings. The second-order valence-electron chi connectivity index (χ2n) is 5.35. The van der Waals surface area contributed by atoms with E-state index < -0.39 is 6.10 Å². The first-order valence-electron chi connectivity index (χ1n) is 6.52. The van der Waals surface area contributed by atoms with Gasteiger partial charge in [-0.25, -0.2) is 0 Å². The van der Waals surface area contributed by atoms with E-state index in [2.05, 4.69) is 5.10 Å². The minimum atomic E-state index is -0.416. The summed E-state index contributed by atoms with van der Waals surface area (Å²) in [4.78, 5) is 0. The first-order valence-corrected chi connectivity index (χ1v) is 6.52. The van der Waals surface area contributed by atoms with Crippen LogP contribution < -0.4 is 4.74 Å². The Balaban J connectivity index is 1.83. The van der Waals surface area contributed by atoms with E-state index in [-0.39, 0.29) is 0 Å². The number of aliphatic hydroxyl groups excluding tert-OH is 1. The van der Waals surface area contributed by atoms with Crippen LogP contribution in [0.3, 0.4) is 0 Å². The number of aromatic nitrogens is 2. The van der Waals surface area contributed by atoms with E-state index in [1.807, 2.05) is 11.6 Å². The van der Waals surface area contributed by atoms with Crippen LogP contribution in [0.4, 0.5) is 0 Å². The van der Waals surface area contributed by atoms with Crippen molar-refractivity contribution in [1.82, 2.24) is 9.78 Å². The van der Waals surface area contributed by atoms with Crippen molar-refractivity contribution in [3.8, 4) is 5.75 Å². The Morgan fingerprint density at radius 3 is 2.76 bits per heavy atom. The van der Waals surface area contributed by atoms with Gasteiger partial charge < -0.3 is 9.84 Å². The molecule has 0 bridgehead atoms. The molecule has 2 fully saturated rings. The summed E-state index contributed by atoms with van der Waals surface area (Å²) in [6.45, 7) is 2.81. The summed E-state index contributed by atoms with van der Waals surface area (Å²) in [5.41, 5.74) is 0.862. The van der Waals surface area contributed by atoms with Gasteiger partial charge in [-0.1, -0.05) is 0 Å². The zero-order chi connectivity index (χ0) is 12.0. The number of nitrogens with zero attached hydrogens (tertiary/aromatic N) is 2. The van der Waals surface area contributed by atoms with Crippen molar-refractivity contribution in [1.29, 1.82) is 0 Å². The van der Waals surface area contributed by atoms with Gasteiger partial charge in [-0.05, 0) is 43.9 Å². The molecule has 2 saturated carbocycles. The lowest BCUT2D eigenvalue weighted by Gasteiger charge is -2.21. The van der Waals surface area contributed by atoms with E-state index in [1.165, 1.54) is 19.3 Å². The summed E-state index contributed by atoms with van der Waals surface area (Å²) in [6.07, 6.45) is 5.01. The second kappa shape index (κ2) is 4.02. The highest BCUT2D eigenvalue weighted by atomic mass is 16.5. The molecule has 0 aromatic carbocycles. The summed E-state index contributed by atoms with van der Waals surface area (Å²) in [5, 5.41) is 14.8. The maximum Gasteiger partial charge on any atom is 0.162 e. The monoisotopic (exact) mass is 236 g/mol. The zero-order valence-corrected chi connectivity index (χ0v) is 10.5. The smallest absolute Gasteiger partial charge is 0.162 e. The molecule has 0 saturated heterocycles. The standard InChI is InChI=1S/C13H20N2O2/c1-3-15-12(11(17-2)7-14-15)13(16)10-5-8-4-9(8)6-10/h7-10,13,16H,3-6H2,1-2H3. The molecular formula is C13H20N2O2. The van der Waals surface area contributed by atoms with Crippen molar-refractivity contribution in [3.05, 3.63) is 11.9 Å². The van der Waals surface area contributed by atoms with Crippen molar-refractivity contribution in [2.45, 2.75) is 38.8 Å². The van der Waals surface area contributed by atoms with Crippen molar-refractivity contribution < 1.29 is 9.84 Å². The quantitative estimate of drug-likeness (QED) is 0.869. The van der Waals surface area contributed by atoms with Gasteiger partial charge in [0.15, 0.2) is 5.75 Å². The van der Waals surface area contributed by atoms with Crippen molar-refractivity contribution in [3.63, 3.8) is 0 Å². The van der Waals surface area contributed by atoms with Gasteiger partial charge in [-0.15, -0.1) is 0 Å². The molecule has 1 heterocycles. The average Bonchev–Trinajstić information content (AvgIpc) is 2.82. The first-order chi connectivity index (χ1) is 8.24. The van der Waals surface area contributed by atoms with E-state index in [1.54, 1.807) is 13.3 Å². The molecule has 94 valence electrons. The van der Waals surface area contributed by atoms with Gasteiger partial charge in [0.1, 0.15) is 11.8 Å². The average molecular weight is 236 g/mol. The lowest BCUT2D eigenvalue weighted by atomic mass is 9.94. The second-order valence-corrected chi connectivity index (χ2v) is 5.35. The third kappa shape index (κ3) is 1.75. The Hall–Kier alpha value is -1.03. The Morgan fingerprint density at radius 1 is 1.47 bits per heavy atom. The van der Waals surface area contributed by atoms with Gasteiger partial charge in [0.25, 0.3) is 0 Å². The molecule has 2 aliphatic carbocycles. The maximum absolute atomic E-state index is 10.5. The third-order valence-corrected chi connectivity index (χ3v) is 4.37. The minimum absolute atomic E-state index is 0.398. The minimum Gasteiger partial charge on any atom is -0.493 e. The summed E-state index contributed by atoms with van der Waals surface area (Å²) >= 11 is 0. The van der Waals surface area contributed by atoms with Crippen LogP contribution in [0.2, 0.25) is 0 Å². The van der Waals surface area contributed by atoms with Crippen LogP contribution in [-0.2, 0) is 6.54 Å². The molecule has 1 aromatic rings. The normalized spacial score (nSPS) is 32.3. The zero-order valence-electron chi connectivity index (χ0n) is 10.5. The molecule has 3 rings (SSSR count). The fourth-order valence-corrected chi connectivity index (χ4v) is 3.33. The summed E-state index contributed by atoms with van der Waals surface area (Å²) < 4.78 is 7.16. The molecule has 1 aromatic heterocycles. The van der Waals surface area contributed by atoms with Crippen molar-refractivity contribution in [2.75, 3.05) is 7.11 Å². The van der Waals surface area contributed by atoms with Crippen LogP contribution >= 0.6 is 0 Å².